The third-order valence-corrected chi connectivity index (χ3v) is 4.84. The molecular formula is C16H21N5OS. The summed E-state index contributed by atoms with van der Waals surface area (Å²) >= 11 is 1.42. The molecule has 1 saturated heterocycles. The molecule has 2 amide bonds. The van der Waals surface area contributed by atoms with Crippen LogP contribution in [0.2, 0.25) is 0 Å². The first-order valence-electron chi connectivity index (χ1n) is 7.86. The number of amides is 2. The molecule has 0 radical (unpaired) electrons. The lowest BCUT2D eigenvalue weighted by molar-refractivity contribution is 0.262. The van der Waals surface area contributed by atoms with E-state index in [1.165, 1.54) is 30.6 Å². The van der Waals surface area contributed by atoms with Crippen LogP contribution >= 0.6 is 11.3 Å². The molecular weight excluding hydrogens is 310 g/mol. The number of piperidine rings is 1. The van der Waals surface area contributed by atoms with Gasteiger partial charge in [0.05, 0.1) is 0 Å². The summed E-state index contributed by atoms with van der Waals surface area (Å²) in [5, 5.41) is 15.2. The zero-order valence-corrected chi connectivity index (χ0v) is 14.2. The van der Waals surface area contributed by atoms with Crippen LogP contribution in [0.5, 0.6) is 0 Å². The Morgan fingerprint density at radius 3 is 2.96 bits per heavy atom. The van der Waals surface area contributed by atoms with Gasteiger partial charge in [0.15, 0.2) is 0 Å². The fourth-order valence-electron chi connectivity index (χ4n) is 2.75. The minimum absolute atomic E-state index is 0.301. The third-order valence-electron chi connectivity index (χ3n) is 3.96. The van der Waals surface area contributed by atoms with Gasteiger partial charge in [0.25, 0.3) is 0 Å². The number of rotatable bonds is 3. The minimum Gasteiger partial charge on any atom is -0.344 e. The van der Waals surface area contributed by atoms with Crippen LogP contribution in [0.15, 0.2) is 24.3 Å². The Hall–Kier alpha value is -2.15. The van der Waals surface area contributed by atoms with Crippen LogP contribution in [-0.2, 0) is 0 Å². The normalized spacial score (nSPS) is 17.8. The van der Waals surface area contributed by atoms with E-state index in [4.69, 9.17) is 0 Å². The summed E-state index contributed by atoms with van der Waals surface area (Å²) < 4.78 is 0. The highest BCUT2D eigenvalue weighted by atomic mass is 32.1. The van der Waals surface area contributed by atoms with E-state index in [-0.39, 0.29) is 6.03 Å². The zero-order valence-electron chi connectivity index (χ0n) is 13.4. The van der Waals surface area contributed by atoms with Gasteiger partial charge in [-0.2, -0.15) is 0 Å². The standard InChI is InChI=1S/C16H21N5OS/c1-11-6-5-8-13(10-11)17-14(22)18-15-19-20-16(23-15)21-9-4-3-7-12(21)2/h5-6,8,10,12H,3-4,7,9H2,1-2H3,(H2,17,18,19,22)/t12-/m0/s1. The highest BCUT2D eigenvalue weighted by Crippen LogP contribution is 2.29. The monoisotopic (exact) mass is 331 g/mol. The van der Waals surface area contributed by atoms with Crippen LogP contribution in [-0.4, -0.2) is 28.8 Å². The second kappa shape index (κ2) is 6.95. The Labute approximate surface area is 139 Å². The van der Waals surface area contributed by atoms with E-state index in [1.54, 1.807) is 0 Å². The van der Waals surface area contributed by atoms with E-state index in [2.05, 4.69) is 32.7 Å². The fraction of sp³-hybridized carbons (Fsp3) is 0.438. The molecule has 2 aromatic rings. The van der Waals surface area contributed by atoms with Gasteiger partial charge in [0, 0.05) is 18.3 Å². The number of nitrogens with zero attached hydrogens (tertiary/aromatic N) is 3. The highest BCUT2D eigenvalue weighted by molar-refractivity contribution is 7.19. The van der Waals surface area contributed by atoms with Crippen molar-refractivity contribution in [3.63, 3.8) is 0 Å². The molecule has 1 atom stereocenters. The lowest BCUT2D eigenvalue weighted by Crippen LogP contribution is -2.37. The average Bonchev–Trinajstić information content (AvgIpc) is 2.95. The number of hydrogen-bond donors (Lipinski definition) is 2. The van der Waals surface area contributed by atoms with E-state index < -0.39 is 0 Å². The smallest absolute Gasteiger partial charge is 0.325 e. The van der Waals surface area contributed by atoms with Crippen LogP contribution < -0.4 is 15.5 Å². The van der Waals surface area contributed by atoms with Gasteiger partial charge in [-0.25, -0.2) is 4.79 Å². The minimum atomic E-state index is -0.301. The van der Waals surface area contributed by atoms with Crippen molar-refractivity contribution >= 4 is 33.3 Å². The molecule has 1 aliphatic heterocycles. The van der Waals surface area contributed by atoms with Gasteiger partial charge in [-0.1, -0.05) is 23.5 Å². The number of urea groups is 1. The van der Waals surface area contributed by atoms with Gasteiger partial charge in [-0.05, 0) is 50.8 Å². The largest absolute Gasteiger partial charge is 0.344 e. The van der Waals surface area contributed by atoms with Gasteiger partial charge in [0.1, 0.15) is 0 Å². The van der Waals surface area contributed by atoms with Gasteiger partial charge < -0.3 is 10.2 Å². The van der Waals surface area contributed by atoms with E-state index in [1.807, 2.05) is 31.2 Å². The Balaban J connectivity index is 1.61. The molecule has 0 aliphatic carbocycles. The fourth-order valence-corrected chi connectivity index (χ4v) is 3.62. The Bertz CT molecular complexity index is 687. The summed E-state index contributed by atoms with van der Waals surface area (Å²) in [5.74, 6) is 0. The summed E-state index contributed by atoms with van der Waals surface area (Å²) in [4.78, 5) is 14.3. The molecule has 6 nitrogen and oxygen atoms in total. The number of hydrogen-bond acceptors (Lipinski definition) is 5. The first-order valence-corrected chi connectivity index (χ1v) is 8.68. The molecule has 2 N–H and O–H groups in total. The predicted octanol–water partition coefficient (Wildman–Crippen LogP) is 3.87. The summed E-state index contributed by atoms with van der Waals surface area (Å²) in [6.45, 7) is 5.20. The van der Waals surface area contributed by atoms with Crippen molar-refractivity contribution in [2.24, 2.45) is 0 Å². The topological polar surface area (TPSA) is 70.1 Å². The predicted molar refractivity (Wildman–Crippen MR) is 94.4 cm³/mol. The van der Waals surface area contributed by atoms with Crippen molar-refractivity contribution in [1.29, 1.82) is 0 Å². The Morgan fingerprint density at radius 1 is 1.30 bits per heavy atom. The number of carbonyl (C=O) groups excluding carboxylic acids is 1. The van der Waals surface area contributed by atoms with E-state index in [9.17, 15) is 4.79 Å². The van der Waals surface area contributed by atoms with Crippen molar-refractivity contribution in [2.75, 3.05) is 22.1 Å². The van der Waals surface area contributed by atoms with Crippen LogP contribution in [0.25, 0.3) is 0 Å². The van der Waals surface area contributed by atoms with Crippen molar-refractivity contribution in [1.82, 2.24) is 10.2 Å². The summed E-state index contributed by atoms with van der Waals surface area (Å²) in [6, 6.07) is 7.84. The Kier molecular flexibility index (Phi) is 4.76. The lowest BCUT2D eigenvalue weighted by atomic mass is 10.1. The molecule has 0 spiro atoms. The maximum Gasteiger partial charge on any atom is 0.325 e. The van der Waals surface area contributed by atoms with E-state index >= 15 is 0 Å². The molecule has 1 fully saturated rings. The third kappa shape index (κ3) is 3.98. The van der Waals surface area contributed by atoms with Crippen molar-refractivity contribution in [3.8, 4) is 0 Å². The van der Waals surface area contributed by atoms with Crippen LogP contribution in [0, 0.1) is 6.92 Å². The van der Waals surface area contributed by atoms with Crippen LogP contribution in [0.3, 0.4) is 0 Å². The number of aromatic nitrogens is 2. The molecule has 0 unspecified atom stereocenters. The molecule has 122 valence electrons. The summed E-state index contributed by atoms with van der Waals surface area (Å²) in [6.07, 6.45) is 3.62. The lowest BCUT2D eigenvalue weighted by Gasteiger charge is -2.32. The first kappa shape index (κ1) is 15.7. The number of aryl methyl sites for hydroxylation is 1. The van der Waals surface area contributed by atoms with Gasteiger partial charge in [0.2, 0.25) is 10.3 Å². The van der Waals surface area contributed by atoms with E-state index in [0.717, 1.165) is 22.9 Å². The van der Waals surface area contributed by atoms with Crippen LogP contribution in [0.1, 0.15) is 31.7 Å². The van der Waals surface area contributed by atoms with Crippen molar-refractivity contribution in [2.45, 2.75) is 39.2 Å². The van der Waals surface area contributed by atoms with E-state index in [0.29, 0.717) is 11.2 Å². The number of carbonyl (C=O) groups is 1. The van der Waals surface area contributed by atoms with Crippen LogP contribution in [0.4, 0.5) is 20.7 Å². The number of benzene rings is 1. The molecule has 1 aromatic carbocycles. The number of anilines is 3. The highest BCUT2D eigenvalue weighted by Gasteiger charge is 2.22. The Morgan fingerprint density at radius 2 is 2.17 bits per heavy atom. The molecule has 3 rings (SSSR count). The second-order valence-corrected chi connectivity index (χ2v) is 6.83. The van der Waals surface area contributed by atoms with Crippen molar-refractivity contribution < 1.29 is 4.79 Å². The maximum absolute atomic E-state index is 12.0. The molecule has 23 heavy (non-hydrogen) atoms. The molecule has 0 bridgehead atoms. The molecule has 7 heteroatoms. The number of nitrogens with one attached hydrogen (secondary N) is 2. The quantitative estimate of drug-likeness (QED) is 0.896. The van der Waals surface area contributed by atoms with Gasteiger partial charge in [-0.15, -0.1) is 10.2 Å². The summed E-state index contributed by atoms with van der Waals surface area (Å²) in [7, 11) is 0. The zero-order chi connectivity index (χ0) is 16.2. The molecule has 1 aromatic heterocycles. The molecule has 0 saturated carbocycles. The average molecular weight is 331 g/mol. The van der Waals surface area contributed by atoms with Gasteiger partial charge in [-0.3, -0.25) is 5.32 Å². The molecule has 1 aliphatic rings. The van der Waals surface area contributed by atoms with Gasteiger partial charge >= 0.3 is 6.03 Å². The van der Waals surface area contributed by atoms with Crippen molar-refractivity contribution in [3.05, 3.63) is 29.8 Å². The SMILES string of the molecule is Cc1cccc(NC(=O)Nc2nnc(N3CCCC[C@@H]3C)s2)c1. The maximum atomic E-state index is 12.0. The first-order chi connectivity index (χ1) is 11.1. The summed E-state index contributed by atoms with van der Waals surface area (Å²) in [5.41, 5.74) is 1.86. The second-order valence-electron chi connectivity index (χ2n) is 5.88. The molecule has 2 heterocycles.